The summed E-state index contributed by atoms with van der Waals surface area (Å²) in [7, 11) is 0. The Labute approximate surface area is 149 Å². The molecule has 1 aliphatic heterocycles. The van der Waals surface area contributed by atoms with Gasteiger partial charge in [0.1, 0.15) is 6.04 Å². The van der Waals surface area contributed by atoms with Crippen LogP contribution in [-0.2, 0) is 16.0 Å². The minimum atomic E-state index is -0.323. The van der Waals surface area contributed by atoms with Crippen LogP contribution in [-0.4, -0.2) is 40.4 Å². The second-order valence-corrected chi connectivity index (χ2v) is 7.57. The Hall–Kier alpha value is -1.49. The second-order valence-electron chi connectivity index (χ2n) is 6.57. The van der Waals surface area contributed by atoms with Crippen LogP contribution in [0.25, 0.3) is 0 Å². The Kier molecular flexibility index (Phi) is 7.16. The number of aryl methyl sites for hydroxylation is 1. The first-order chi connectivity index (χ1) is 11.5. The number of hydrogen-bond donors (Lipinski definition) is 1. The number of thioether (sulfide) groups is 1. The average Bonchev–Trinajstić information content (AvgIpc) is 3.09. The first-order valence-electron chi connectivity index (χ1n) is 8.75. The summed E-state index contributed by atoms with van der Waals surface area (Å²) in [6.07, 6.45) is 2.65. The topological polar surface area (TPSA) is 49.4 Å². The molecule has 0 aliphatic carbocycles. The Morgan fingerprint density at radius 3 is 2.67 bits per heavy atom. The molecule has 2 rings (SSSR count). The van der Waals surface area contributed by atoms with Crippen molar-refractivity contribution in [2.75, 3.05) is 11.6 Å². The Balaban J connectivity index is 1.85. The number of nitrogens with one attached hydrogen (secondary N) is 1. The molecule has 1 saturated heterocycles. The van der Waals surface area contributed by atoms with Gasteiger partial charge in [0.15, 0.2) is 0 Å². The smallest absolute Gasteiger partial charge is 0.243 e. The molecule has 1 aliphatic rings. The summed E-state index contributed by atoms with van der Waals surface area (Å²) >= 11 is 1.66. The molecule has 3 atom stereocenters. The van der Waals surface area contributed by atoms with Crippen LogP contribution in [0.4, 0.5) is 0 Å². The lowest BCUT2D eigenvalue weighted by Gasteiger charge is -2.26. The van der Waals surface area contributed by atoms with Crippen molar-refractivity contribution in [1.82, 2.24) is 10.2 Å². The summed E-state index contributed by atoms with van der Waals surface area (Å²) in [5, 5.41) is 3.09. The van der Waals surface area contributed by atoms with Gasteiger partial charge in [0.25, 0.3) is 0 Å². The highest BCUT2D eigenvalue weighted by atomic mass is 32.2. The highest BCUT2D eigenvalue weighted by molar-refractivity contribution is 7.99. The maximum absolute atomic E-state index is 12.6. The van der Waals surface area contributed by atoms with Gasteiger partial charge < -0.3 is 10.2 Å². The van der Waals surface area contributed by atoms with Gasteiger partial charge in [-0.25, -0.2) is 0 Å². The van der Waals surface area contributed by atoms with Crippen molar-refractivity contribution in [1.29, 1.82) is 0 Å². The third-order valence-corrected chi connectivity index (χ3v) is 5.61. The van der Waals surface area contributed by atoms with Crippen LogP contribution in [0.3, 0.4) is 0 Å². The van der Waals surface area contributed by atoms with Crippen LogP contribution in [0.1, 0.15) is 39.2 Å². The van der Waals surface area contributed by atoms with Crippen molar-refractivity contribution >= 4 is 23.6 Å². The number of hydrogen-bond acceptors (Lipinski definition) is 3. The maximum atomic E-state index is 12.6. The van der Waals surface area contributed by atoms with Crippen molar-refractivity contribution in [2.45, 2.75) is 52.1 Å². The summed E-state index contributed by atoms with van der Waals surface area (Å²) in [6, 6.07) is 10.1. The Morgan fingerprint density at radius 2 is 2.00 bits per heavy atom. The molecule has 0 bridgehead atoms. The molecule has 5 heteroatoms. The lowest BCUT2D eigenvalue weighted by Crippen LogP contribution is -2.50. The van der Waals surface area contributed by atoms with E-state index in [4.69, 9.17) is 0 Å². The molecule has 1 aromatic rings. The molecule has 2 amide bonds. The first kappa shape index (κ1) is 18.8. The molecule has 1 fully saturated rings. The lowest BCUT2D eigenvalue weighted by atomic mass is 10.1. The number of nitrogens with zero attached hydrogens (tertiary/aromatic N) is 1. The molecule has 1 heterocycles. The van der Waals surface area contributed by atoms with Gasteiger partial charge in [-0.1, -0.05) is 44.2 Å². The van der Waals surface area contributed by atoms with Gasteiger partial charge in [-0.15, -0.1) is 11.8 Å². The molecule has 0 radical (unpaired) electrons. The highest BCUT2D eigenvalue weighted by Gasteiger charge is 2.36. The van der Waals surface area contributed by atoms with Crippen LogP contribution >= 0.6 is 11.8 Å². The third kappa shape index (κ3) is 5.00. The van der Waals surface area contributed by atoms with E-state index in [1.165, 1.54) is 5.56 Å². The summed E-state index contributed by atoms with van der Waals surface area (Å²) in [5.41, 5.74) is 1.28. The largest absolute Gasteiger partial charge is 0.352 e. The molecular formula is C19H28N2O2S. The molecule has 0 unspecified atom stereocenters. The molecule has 24 heavy (non-hydrogen) atoms. The van der Waals surface area contributed by atoms with Crippen molar-refractivity contribution in [3.63, 3.8) is 0 Å². The zero-order valence-electron chi connectivity index (χ0n) is 14.8. The quantitative estimate of drug-likeness (QED) is 0.824. The van der Waals surface area contributed by atoms with Gasteiger partial charge in [0, 0.05) is 17.7 Å². The van der Waals surface area contributed by atoms with E-state index in [-0.39, 0.29) is 29.8 Å². The average molecular weight is 349 g/mol. The van der Waals surface area contributed by atoms with Gasteiger partial charge in [-0.05, 0) is 31.7 Å². The monoisotopic (exact) mass is 348 g/mol. The molecule has 1 N–H and O–H groups in total. The summed E-state index contributed by atoms with van der Waals surface area (Å²) in [6.45, 7) is 5.97. The van der Waals surface area contributed by atoms with Crippen LogP contribution in [0.15, 0.2) is 30.3 Å². The van der Waals surface area contributed by atoms with Gasteiger partial charge in [-0.3, -0.25) is 9.59 Å². The molecule has 1 aromatic carbocycles. The fraction of sp³-hybridized carbons (Fsp3) is 0.579. The SMILES string of the molecule is CC[C@@H](C)C(=O)N1CSC[C@H]1C(=O)N[C@@H](C)CCc1ccccc1. The van der Waals surface area contributed by atoms with Gasteiger partial charge in [-0.2, -0.15) is 0 Å². The van der Waals surface area contributed by atoms with E-state index in [9.17, 15) is 9.59 Å². The predicted molar refractivity (Wildman–Crippen MR) is 99.8 cm³/mol. The maximum Gasteiger partial charge on any atom is 0.243 e. The van der Waals surface area contributed by atoms with E-state index in [0.29, 0.717) is 11.6 Å². The van der Waals surface area contributed by atoms with Gasteiger partial charge in [0.2, 0.25) is 11.8 Å². The molecule has 0 spiro atoms. The van der Waals surface area contributed by atoms with Crippen molar-refractivity contribution in [3.05, 3.63) is 35.9 Å². The zero-order valence-corrected chi connectivity index (χ0v) is 15.6. The van der Waals surface area contributed by atoms with E-state index in [1.54, 1.807) is 16.7 Å². The molecule has 4 nitrogen and oxygen atoms in total. The van der Waals surface area contributed by atoms with Crippen LogP contribution < -0.4 is 5.32 Å². The molecule has 132 valence electrons. The number of rotatable bonds is 7. The highest BCUT2D eigenvalue weighted by Crippen LogP contribution is 2.24. The van der Waals surface area contributed by atoms with Crippen LogP contribution in [0.2, 0.25) is 0 Å². The summed E-state index contributed by atoms with van der Waals surface area (Å²) in [4.78, 5) is 26.7. The number of carbonyl (C=O) groups excluding carboxylic acids is 2. The number of benzene rings is 1. The predicted octanol–water partition coefficient (Wildman–Crippen LogP) is 3.07. The van der Waals surface area contributed by atoms with Crippen molar-refractivity contribution < 1.29 is 9.59 Å². The first-order valence-corrected chi connectivity index (χ1v) is 9.91. The number of carbonyl (C=O) groups is 2. The van der Waals surface area contributed by atoms with Crippen molar-refractivity contribution in [2.24, 2.45) is 5.92 Å². The lowest BCUT2D eigenvalue weighted by molar-refractivity contribution is -0.141. The molecule has 0 aromatic heterocycles. The van der Waals surface area contributed by atoms with E-state index in [0.717, 1.165) is 19.3 Å². The van der Waals surface area contributed by atoms with E-state index in [2.05, 4.69) is 17.4 Å². The van der Waals surface area contributed by atoms with Gasteiger partial charge >= 0.3 is 0 Å². The zero-order chi connectivity index (χ0) is 17.5. The third-order valence-electron chi connectivity index (χ3n) is 4.60. The normalized spacial score (nSPS) is 19.8. The summed E-state index contributed by atoms with van der Waals surface area (Å²) in [5.74, 6) is 1.38. The Morgan fingerprint density at radius 1 is 1.29 bits per heavy atom. The van der Waals surface area contributed by atoms with Crippen molar-refractivity contribution in [3.8, 4) is 0 Å². The molecular weight excluding hydrogens is 320 g/mol. The van der Waals surface area contributed by atoms with Gasteiger partial charge in [0.05, 0.1) is 5.88 Å². The minimum Gasteiger partial charge on any atom is -0.352 e. The molecule has 0 saturated carbocycles. The van der Waals surface area contributed by atoms with E-state index < -0.39 is 0 Å². The number of amides is 2. The fourth-order valence-electron chi connectivity index (χ4n) is 2.77. The second kappa shape index (κ2) is 9.11. The van der Waals surface area contributed by atoms with E-state index >= 15 is 0 Å². The fourth-order valence-corrected chi connectivity index (χ4v) is 3.94. The Bertz CT molecular complexity index is 550. The van der Waals surface area contributed by atoms with Crippen LogP contribution in [0.5, 0.6) is 0 Å². The summed E-state index contributed by atoms with van der Waals surface area (Å²) < 4.78 is 0. The van der Waals surface area contributed by atoms with Crippen LogP contribution in [0, 0.1) is 5.92 Å². The van der Waals surface area contributed by atoms with E-state index in [1.807, 2.05) is 39.0 Å². The standard InChI is InChI=1S/C19H28N2O2S/c1-4-14(2)19(23)21-13-24-12-17(21)18(22)20-15(3)10-11-16-8-6-5-7-9-16/h5-9,14-15,17H,4,10-13H2,1-3H3,(H,20,22)/t14-,15+,17+/m1/s1. The minimum absolute atomic E-state index is 0.0165.